The summed E-state index contributed by atoms with van der Waals surface area (Å²) in [4.78, 5) is 0. The van der Waals surface area contributed by atoms with Gasteiger partial charge in [-0.3, -0.25) is 0 Å². The van der Waals surface area contributed by atoms with Crippen molar-refractivity contribution in [3.63, 3.8) is 0 Å². The van der Waals surface area contributed by atoms with E-state index >= 15 is 0 Å². The summed E-state index contributed by atoms with van der Waals surface area (Å²) in [6, 6.07) is 0. The Labute approximate surface area is 71.5 Å². The molecule has 0 aliphatic rings. The van der Waals surface area contributed by atoms with Crippen LogP contribution in [-0.2, 0) is 72.3 Å². The van der Waals surface area contributed by atoms with E-state index in [1.165, 1.54) is 0 Å². The van der Waals surface area contributed by atoms with Gasteiger partial charge in [-0.15, -0.1) is 0 Å². The molecular weight excluding hydrogens is 360 g/mol. The zero-order valence-electron chi connectivity index (χ0n) is 1.45. The van der Waals surface area contributed by atoms with E-state index in [2.05, 4.69) is 0 Å². The molecule has 0 saturated heterocycles. The molecule has 0 saturated carbocycles. The molecule has 0 aliphatic heterocycles. The van der Waals surface area contributed by atoms with Crippen molar-refractivity contribution in [1.29, 1.82) is 0 Å². The van der Waals surface area contributed by atoms with Crippen LogP contribution in [-0.4, -0.2) is 0 Å². The van der Waals surface area contributed by atoms with Crippen LogP contribution in [0.5, 0.6) is 0 Å². The molecule has 0 aromatic carbocycles. The molecular formula is Mn3Pt. The minimum absolute atomic E-state index is 0. The topological polar surface area (TPSA) is 0 Å². The number of hydrogen-bond donors (Lipinski definition) is 0. The van der Waals surface area contributed by atoms with E-state index < -0.39 is 0 Å². The summed E-state index contributed by atoms with van der Waals surface area (Å²) < 4.78 is 0. The van der Waals surface area contributed by atoms with E-state index in [9.17, 15) is 0 Å². The van der Waals surface area contributed by atoms with Gasteiger partial charge in [-0.05, 0) is 0 Å². The number of rotatable bonds is 0. The first-order valence-electron chi connectivity index (χ1n) is 0. The summed E-state index contributed by atoms with van der Waals surface area (Å²) in [7, 11) is 0. The molecule has 3 radical (unpaired) electrons. The van der Waals surface area contributed by atoms with Gasteiger partial charge in [0.05, 0.1) is 0 Å². The minimum Gasteiger partial charge on any atom is 0 e. The fourth-order valence-electron chi connectivity index (χ4n) is 0. The zero-order valence-corrected chi connectivity index (χ0v) is 7.26. The van der Waals surface area contributed by atoms with E-state index in [1.54, 1.807) is 0 Å². The first-order valence-corrected chi connectivity index (χ1v) is 0. The molecule has 0 rings (SSSR count). The Morgan fingerprint density at radius 1 is 0.500 bits per heavy atom. The molecule has 31 valence electrons. The van der Waals surface area contributed by atoms with E-state index in [-0.39, 0.29) is 72.3 Å². The van der Waals surface area contributed by atoms with Crippen LogP contribution in [0, 0.1) is 0 Å². The van der Waals surface area contributed by atoms with Gasteiger partial charge in [-0.1, -0.05) is 0 Å². The van der Waals surface area contributed by atoms with Crippen LogP contribution in [0.2, 0.25) is 0 Å². The second-order valence-electron chi connectivity index (χ2n) is 0. The maximum atomic E-state index is 0. The maximum Gasteiger partial charge on any atom is 0 e. The van der Waals surface area contributed by atoms with Crippen molar-refractivity contribution in [3.05, 3.63) is 0 Å². The van der Waals surface area contributed by atoms with Crippen molar-refractivity contribution in [2.75, 3.05) is 0 Å². The third kappa shape index (κ3) is 8.87. The van der Waals surface area contributed by atoms with Gasteiger partial charge in [0.1, 0.15) is 0 Å². The van der Waals surface area contributed by atoms with Gasteiger partial charge >= 0.3 is 0 Å². The molecule has 0 aliphatic carbocycles. The third-order valence-corrected chi connectivity index (χ3v) is 0. The SMILES string of the molecule is [Mn].[Mn].[Mn].[Pt]. The molecule has 0 aromatic heterocycles. The van der Waals surface area contributed by atoms with Crippen molar-refractivity contribution in [2.24, 2.45) is 0 Å². The zero-order chi connectivity index (χ0) is 0. The first kappa shape index (κ1) is 34.1. The average molecular weight is 360 g/mol. The summed E-state index contributed by atoms with van der Waals surface area (Å²) in [5, 5.41) is 0. The maximum absolute atomic E-state index is 0. The van der Waals surface area contributed by atoms with Crippen LogP contribution in [0.25, 0.3) is 0 Å². The molecule has 0 spiro atoms. The van der Waals surface area contributed by atoms with Crippen LogP contribution in [0.3, 0.4) is 0 Å². The largest absolute Gasteiger partial charge is 0 e. The molecule has 4 heteroatoms. The minimum atomic E-state index is 0. The van der Waals surface area contributed by atoms with Crippen LogP contribution in [0.1, 0.15) is 0 Å². The van der Waals surface area contributed by atoms with Crippen molar-refractivity contribution >= 4 is 0 Å². The molecule has 0 nitrogen and oxygen atoms in total. The van der Waals surface area contributed by atoms with Gasteiger partial charge in [0.2, 0.25) is 0 Å². The summed E-state index contributed by atoms with van der Waals surface area (Å²) in [5.74, 6) is 0. The van der Waals surface area contributed by atoms with E-state index in [4.69, 9.17) is 0 Å². The Balaban J connectivity index is 0. The second-order valence-corrected chi connectivity index (χ2v) is 0. The quantitative estimate of drug-likeness (QED) is 0.534. The Morgan fingerprint density at radius 3 is 0.500 bits per heavy atom. The molecule has 0 fully saturated rings. The average Bonchev–Trinajstić information content (AvgIpc) is 0. The Hall–Kier alpha value is 2.25. The van der Waals surface area contributed by atoms with Gasteiger partial charge in [-0.25, -0.2) is 0 Å². The molecule has 0 amide bonds. The molecule has 0 bridgehead atoms. The van der Waals surface area contributed by atoms with Crippen LogP contribution < -0.4 is 0 Å². The summed E-state index contributed by atoms with van der Waals surface area (Å²) in [6.45, 7) is 0. The summed E-state index contributed by atoms with van der Waals surface area (Å²) in [5.41, 5.74) is 0. The van der Waals surface area contributed by atoms with Crippen LogP contribution >= 0.6 is 0 Å². The summed E-state index contributed by atoms with van der Waals surface area (Å²) in [6.07, 6.45) is 0. The van der Waals surface area contributed by atoms with Gasteiger partial charge in [0.25, 0.3) is 0 Å². The van der Waals surface area contributed by atoms with Crippen molar-refractivity contribution in [3.8, 4) is 0 Å². The molecule has 0 heterocycles. The smallest absolute Gasteiger partial charge is 0 e. The van der Waals surface area contributed by atoms with Crippen LogP contribution in [0.4, 0.5) is 0 Å². The van der Waals surface area contributed by atoms with Gasteiger partial charge in [0.15, 0.2) is 0 Å². The standard InChI is InChI=1S/3Mn.Pt. The summed E-state index contributed by atoms with van der Waals surface area (Å²) >= 11 is 0. The predicted octanol–water partition coefficient (Wildman–Crippen LogP) is -0.0100. The predicted molar refractivity (Wildman–Crippen MR) is 0 cm³/mol. The fraction of sp³-hybridized carbons (Fsp3) is 0. The monoisotopic (exact) mass is 360 g/mol. The van der Waals surface area contributed by atoms with Gasteiger partial charge < -0.3 is 0 Å². The van der Waals surface area contributed by atoms with E-state index in [1.807, 2.05) is 0 Å². The van der Waals surface area contributed by atoms with Gasteiger partial charge in [0, 0.05) is 72.3 Å². The Bertz CT molecular complexity index is 3.25. The van der Waals surface area contributed by atoms with Crippen molar-refractivity contribution in [1.82, 2.24) is 0 Å². The molecule has 0 unspecified atom stereocenters. The molecule has 0 N–H and O–H groups in total. The van der Waals surface area contributed by atoms with Crippen LogP contribution in [0.15, 0.2) is 0 Å². The Morgan fingerprint density at radius 2 is 0.500 bits per heavy atom. The Kier molecular flexibility index (Phi) is 160. The normalized spacial score (nSPS) is 0. The first-order chi connectivity index (χ1) is 0. The van der Waals surface area contributed by atoms with E-state index in [0.717, 1.165) is 0 Å². The van der Waals surface area contributed by atoms with E-state index in [0.29, 0.717) is 0 Å². The van der Waals surface area contributed by atoms with Crippen molar-refractivity contribution in [2.45, 2.75) is 0 Å². The number of hydrogen-bond acceptors (Lipinski definition) is 0. The fourth-order valence-corrected chi connectivity index (χ4v) is 0. The second kappa shape index (κ2) is 18.7. The van der Waals surface area contributed by atoms with Gasteiger partial charge in [-0.2, -0.15) is 0 Å². The third-order valence-electron chi connectivity index (χ3n) is 0. The molecule has 0 aromatic rings. The molecule has 0 atom stereocenters. The van der Waals surface area contributed by atoms with Crippen molar-refractivity contribution < 1.29 is 72.3 Å². The molecule has 4 heavy (non-hydrogen) atoms.